The number of rotatable bonds is 5. The fourth-order valence-electron chi connectivity index (χ4n) is 2.96. The van der Waals surface area contributed by atoms with Gasteiger partial charge in [0.25, 0.3) is 10.0 Å². The molecule has 1 aliphatic heterocycles. The minimum atomic E-state index is -3.76. The summed E-state index contributed by atoms with van der Waals surface area (Å²) in [7, 11) is -7.39. The van der Waals surface area contributed by atoms with Gasteiger partial charge in [-0.3, -0.25) is 4.72 Å². The molecule has 1 N–H and O–H groups in total. The van der Waals surface area contributed by atoms with Crippen molar-refractivity contribution in [3.63, 3.8) is 0 Å². The molecule has 0 aromatic heterocycles. The van der Waals surface area contributed by atoms with Crippen LogP contribution in [0.2, 0.25) is 0 Å². The van der Waals surface area contributed by atoms with Crippen LogP contribution >= 0.6 is 0 Å². The Morgan fingerprint density at radius 3 is 2.00 bits per heavy atom. The molecule has 26 heavy (non-hydrogen) atoms. The Morgan fingerprint density at radius 1 is 0.731 bits per heavy atom. The molecule has 0 aliphatic carbocycles. The van der Waals surface area contributed by atoms with E-state index in [4.69, 9.17) is 0 Å². The Kier molecular flexibility index (Phi) is 5.64. The summed E-state index contributed by atoms with van der Waals surface area (Å²) in [5.41, 5.74) is 0.227. The topological polar surface area (TPSA) is 83.5 Å². The molecule has 8 heteroatoms. The first kappa shape index (κ1) is 18.9. The van der Waals surface area contributed by atoms with Crippen LogP contribution in [-0.4, -0.2) is 34.2 Å². The molecule has 1 aliphatic rings. The third-order valence-corrected chi connectivity index (χ3v) is 7.63. The zero-order valence-electron chi connectivity index (χ0n) is 14.3. The Hall–Kier alpha value is -1.90. The van der Waals surface area contributed by atoms with Crippen LogP contribution in [0.3, 0.4) is 0 Å². The molecule has 140 valence electrons. The number of nitrogens with zero attached hydrogens (tertiary/aromatic N) is 1. The van der Waals surface area contributed by atoms with Crippen molar-refractivity contribution in [2.24, 2.45) is 0 Å². The van der Waals surface area contributed by atoms with Crippen molar-refractivity contribution in [3.05, 3.63) is 54.6 Å². The first-order chi connectivity index (χ1) is 12.4. The van der Waals surface area contributed by atoms with E-state index in [0.29, 0.717) is 13.1 Å². The van der Waals surface area contributed by atoms with Gasteiger partial charge < -0.3 is 0 Å². The lowest BCUT2D eigenvalue weighted by atomic mass is 10.2. The summed E-state index contributed by atoms with van der Waals surface area (Å²) in [6.45, 7) is 1.00. The lowest BCUT2D eigenvalue weighted by molar-refractivity contribution is 0.424. The monoisotopic (exact) mass is 394 g/mol. The van der Waals surface area contributed by atoms with E-state index >= 15 is 0 Å². The lowest BCUT2D eigenvalue weighted by Gasteiger charge is -2.20. The van der Waals surface area contributed by atoms with Gasteiger partial charge in [0.1, 0.15) is 0 Å². The molecule has 6 nitrogen and oxygen atoms in total. The summed E-state index contributed by atoms with van der Waals surface area (Å²) in [6.07, 6.45) is 3.75. The highest BCUT2D eigenvalue weighted by Crippen LogP contribution is 2.24. The molecule has 2 aromatic rings. The summed E-state index contributed by atoms with van der Waals surface area (Å²) in [5.74, 6) is 0. The molecule has 0 unspecified atom stereocenters. The molecule has 3 rings (SSSR count). The maximum absolute atomic E-state index is 12.9. The second-order valence-electron chi connectivity index (χ2n) is 6.26. The van der Waals surface area contributed by atoms with Gasteiger partial charge in [-0.15, -0.1) is 0 Å². The standard InChI is InChI=1S/C18H22N2O4S2/c21-25(22,17-10-4-3-5-11-17)19-16-9-8-12-18(15-16)26(23,24)20-13-6-1-2-7-14-20/h3-5,8-12,15,19H,1-2,6-7,13-14H2. The van der Waals surface area contributed by atoms with E-state index in [0.717, 1.165) is 25.7 Å². The molecule has 0 atom stereocenters. The third-order valence-electron chi connectivity index (χ3n) is 4.34. The van der Waals surface area contributed by atoms with E-state index in [1.807, 2.05) is 0 Å². The molecular formula is C18H22N2O4S2. The number of sulfonamides is 2. The van der Waals surface area contributed by atoms with Gasteiger partial charge in [0.15, 0.2) is 0 Å². The van der Waals surface area contributed by atoms with E-state index in [9.17, 15) is 16.8 Å². The van der Waals surface area contributed by atoms with E-state index in [-0.39, 0.29) is 15.5 Å². The first-order valence-corrected chi connectivity index (χ1v) is 11.5. The molecule has 0 saturated carbocycles. The normalized spacial score (nSPS) is 16.8. The second kappa shape index (κ2) is 7.77. The number of benzene rings is 2. The average Bonchev–Trinajstić information content (AvgIpc) is 2.92. The minimum Gasteiger partial charge on any atom is -0.280 e. The maximum Gasteiger partial charge on any atom is 0.261 e. The molecule has 0 spiro atoms. The molecule has 0 amide bonds. The Balaban J connectivity index is 1.86. The number of anilines is 1. The van der Waals surface area contributed by atoms with Crippen molar-refractivity contribution in [2.45, 2.75) is 35.5 Å². The van der Waals surface area contributed by atoms with Crippen LogP contribution in [0.1, 0.15) is 25.7 Å². The van der Waals surface area contributed by atoms with Crippen LogP contribution in [-0.2, 0) is 20.0 Å². The predicted octanol–water partition coefficient (Wildman–Crippen LogP) is 3.05. The molecule has 0 bridgehead atoms. The van der Waals surface area contributed by atoms with E-state index in [1.54, 1.807) is 30.3 Å². The highest BCUT2D eigenvalue weighted by atomic mass is 32.2. The SMILES string of the molecule is O=S(=O)(Nc1cccc(S(=O)(=O)N2CCCCCC2)c1)c1ccccc1. The molecule has 2 aromatic carbocycles. The van der Waals surface area contributed by atoms with Crippen LogP contribution in [0, 0.1) is 0 Å². The van der Waals surface area contributed by atoms with Gasteiger partial charge in [0.2, 0.25) is 10.0 Å². The minimum absolute atomic E-state index is 0.104. The first-order valence-electron chi connectivity index (χ1n) is 8.58. The molecule has 0 radical (unpaired) electrons. The van der Waals surface area contributed by atoms with Crippen molar-refractivity contribution in [1.29, 1.82) is 0 Å². The van der Waals surface area contributed by atoms with E-state index < -0.39 is 20.0 Å². The van der Waals surface area contributed by atoms with Gasteiger partial charge in [-0.05, 0) is 43.2 Å². The van der Waals surface area contributed by atoms with Gasteiger partial charge in [-0.2, -0.15) is 4.31 Å². The maximum atomic E-state index is 12.9. The predicted molar refractivity (Wildman–Crippen MR) is 101 cm³/mol. The Morgan fingerprint density at radius 2 is 1.35 bits per heavy atom. The lowest BCUT2D eigenvalue weighted by Crippen LogP contribution is -2.32. The van der Waals surface area contributed by atoms with Gasteiger partial charge in [-0.25, -0.2) is 16.8 Å². The fourth-order valence-corrected chi connectivity index (χ4v) is 5.60. The van der Waals surface area contributed by atoms with Crippen molar-refractivity contribution in [1.82, 2.24) is 4.31 Å². The second-order valence-corrected chi connectivity index (χ2v) is 9.89. The van der Waals surface area contributed by atoms with Crippen molar-refractivity contribution >= 4 is 25.7 Å². The quantitative estimate of drug-likeness (QED) is 0.845. The Labute approximate surface area is 155 Å². The largest absolute Gasteiger partial charge is 0.280 e. The summed E-state index contributed by atoms with van der Waals surface area (Å²) in [4.78, 5) is 0.230. The molecule has 1 heterocycles. The third kappa shape index (κ3) is 4.25. The van der Waals surface area contributed by atoms with E-state index in [1.165, 1.54) is 28.6 Å². The van der Waals surface area contributed by atoms with E-state index in [2.05, 4.69) is 4.72 Å². The van der Waals surface area contributed by atoms with Gasteiger partial charge in [0, 0.05) is 13.1 Å². The molecule has 1 saturated heterocycles. The van der Waals surface area contributed by atoms with Crippen molar-refractivity contribution in [3.8, 4) is 0 Å². The average molecular weight is 395 g/mol. The summed E-state index contributed by atoms with van der Waals surface area (Å²) in [5, 5.41) is 0. The van der Waals surface area contributed by atoms with Crippen molar-refractivity contribution in [2.75, 3.05) is 17.8 Å². The van der Waals surface area contributed by atoms with Gasteiger partial charge >= 0.3 is 0 Å². The highest BCUT2D eigenvalue weighted by molar-refractivity contribution is 7.92. The smallest absolute Gasteiger partial charge is 0.261 e. The molecule has 1 fully saturated rings. The number of nitrogens with one attached hydrogen (secondary N) is 1. The zero-order chi connectivity index (χ0) is 18.6. The van der Waals surface area contributed by atoms with Crippen LogP contribution in [0.4, 0.5) is 5.69 Å². The number of hydrogen-bond donors (Lipinski definition) is 1. The summed E-state index contributed by atoms with van der Waals surface area (Å²) >= 11 is 0. The van der Waals surface area contributed by atoms with Gasteiger partial charge in [-0.1, -0.05) is 37.1 Å². The summed E-state index contributed by atoms with van der Waals surface area (Å²) < 4.78 is 54.6. The van der Waals surface area contributed by atoms with Crippen LogP contribution in [0.5, 0.6) is 0 Å². The fraction of sp³-hybridized carbons (Fsp3) is 0.333. The highest BCUT2D eigenvalue weighted by Gasteiger charge is 2.25. The van der Waals surface area contributed by atoms with Crippen LogP contribution in [0.25, 0.3) is 0 Å². The molecular weight excluding hydrogens is 372 g/mol. The summed E-state index contributed by atoms with van der Waals surface area (Å²) in [6, 6.07) is 13.9. The zero-order valence-corrected chi connectivity index (χ0v) is 16.0. The van der Waals surface area contributed by atoms with Crippen LogP contribution < -0.4 is 4.72 Å². The van der Waals surface area contributed by atoms with Crippen molar-refractivity contribution < 1.29 is 16.8 Å². The van der Waals surface area contributed by atoms with Crippen LogP contribution in [0.15, 0.2) is 64.4 Å². The van der Waals surface area contributed by atoms with Gasteiger partial charge in [0.05, 0.1) is 15.5 Å². The Bertz CT molecular complexity index is 950. The number of hydrogen-bond acceptors (Lipinski definition) is 4.